The molecule has 1 heterocycles. The van der Waals surface area contributed by atoms with Crippen molar-refractivity contribution in [1.82, 2.24) is 4.90 Å². The molecule has 0 saturated heterocycles. The molecule has 1 aromatic carbocycles. The first-order valence-corrected chi connectivity index (χ1v) is 5.43. The molecule has 0 bridgehead atoms. The Morgan fingerprint density at radius 1 is 1.28 bits per heavy atom. The molecule has 0 aliphatic heterocycles. The first-order valence-electron chi connectivity index (χ1n) is 5.43. The number of carboxylic acid groups (broad SMARTS) is 1. The number of fused-ring (bicyclic) bond motifs is 1. The molecule has 0 atom stereocenters. The van der Waals surface area contributed by atoms with E-state index < -0.39 is 5.97 Å². The van der Waals surface area contributed by atoms with Crippen LogP contribution in [0.15, 0.2) is 28.7 Å². The summed E-state index contributed by atoms with van der Waals surface area (Å²) in [6.45, 7) is 0. The molecule has 0 unspecified atom stereocenters. The number of likely N-dealkylation sites (N-methyl/N-ethyl adjacent to an activating group) is 1. The Morgan fingerprint density at radius 3 is 2.61 bits per heavy atom. The van der Waals surface area contributed by atoms with Gasteiger partial charge in [0.2, 0.25) is 5.91 Å². The van der Waals surface area contributed by atoms with E-state index in [9.17, 15) is 9.59 Å². The predicted octanol–water partition coefficient (Wildman–Crippen LogP) is 1.76. The number of carbonyl (C=O) groups excluding carboxylic acids is 1. The van der Waals surface area contributed by atoms with Crippen molar-refractivity contribution in [2.75, 3.05) is 14.1 Å². The molecule has 1 N–H and O–H groups in total. The second kappa shape index (κ2) is 4.52. The van der Waals surface area contributed by atoms with Gasteiger partial charge in [0.1, 0.15) is 11.3 Å². The van der Waals surface area contributed by atoms with Crippen molar-refractivity contribution in [1.29, 1.82) is 0 Å². The second-order valence-electron chi connectivity index (χ2n) is 4.24. The van der Waals surface area contributed by atoms with Crippen LogP contribution in [0, 0.1) is 0 Å². The van der Waals surface area contributed by atoms with Crippen molar-refractivity contribution in [2.45, 2.75) is 6.42 Å². The number of carbonyl (C=O) groups is 2. The molecule has 0 aliphatic carbocycles. The highest BCUT2D eigenvalue weighted by atomic mass is 16.4. The minimum Gasteiger partial charge on any atom is -0.478 e. The third-order valence-electron chi connectivity index (χ3n) is 2.64. The first-order chi connectivity index (χ1) is 8.47. The van der Waals surface area contributed by atoms with E-state index in [1.807, 2.05) is 0 Å². The summed E-state index contributed by atoms with van der Waals surface area (Å²) >= 11 is 0. The zero-order valence-corrected chi connectivity index (χ0v) is 10.1. The molecule has 1 aromatic heterocycles. The summed E-state index contributed by atoms with van der Waals surface area (Å²) in [5, 5.41) is 9.66. The summed E-state index contributed by atoms with van der Waals surface area (Å²) in [6.07, 6.45) is 0.171. The van der Waals surface area contributed by atoms with Gasteiger partial charge in [0.05, 0.1) is 12.0 Å². The van der Waals surface area contributed by atoms with E-state index in [4.69, 9.17) is 9.52 Å². The molecule has 94 valence electrons. The molecule has 0 radical (unpaired) electrons. The number of benzene rings is 1. The molecular weight excluding hydrogens is 234 g/mol. The minimum absolute atomic E-state index is 0.0625. The van der Waals surface area contributed by atoms with E-state index in [2.05, 4.69) is 0 Å². The van der Waals surface area contributed by atoms with Crippen molar-refractivity contribution in [3.05, 3.63) is 35.6 Å². The number of furan rings is 1. The topological polar surface area (TPSA) is 70.8 Å². The van der Waals surface area contributed by atoms with E-state index in [1.54, 1.807) is 26.2 Å². The molecule has 18 heavy (non-hydrogen) atoms. The van der Waals surface area contributed by atoms with Crippen LogP contribution >= 0.6 is 0 Å². The molecule has 5 heteroatoms. The highest BCUT2D eigenvalue weighted by Gasteiger charge is 2.12. The zero-order chi connectivity index (χ0) is 13.3. The average molecular weight is 247 g/mol. The van der Waals surface area contributed by atoms with Crippen LogP contribution in [-0.4, -0.2) is 36.0 Å². The van der Waals surface area contributed by atoms with Crippen LogP contribution in [0.5, 0.6) is 0 Å². The van der Waals surface area contributed by atoms with Crippen molar-refractivity contribution in [2.24, 2.45) is 0 Å². The smallest absolute Gasteiger partial charge is 0.335 e. The van der Waals surface area contributed by atoms with Gasteiger partial charge in [-0.15, -0.1) is 0 Å². The fourth-order valence-corrected chi connectivity index (χ4v) is 1.61. The largest absolute Gasteiger partial charge is 0.478 e. The van der Waals surface area contributed by atoms with Crippen LogP contribution in [-0.2, 0) is 11.2 Å². The van der Waals surface area contributed by atoms with Gasteiger partial charge in [0.25, 0.3) is 0 Å². The van der Waals surface area contributed by atoms with Crippen molar-refractivity contribution in [3.63, 3.8) is 0 Å². The van der Waals surface area contributed by atoms with Crippen molar-refractivity contribution in [3.8, 4) is 0 Å². The molecule has 0 aliphatic rings. The van der Waals surface area contributed by atoms with E-state index in [-0.39, 0.29) is 17.9 Å². The van der Waals surface area contributed by atoms with Gasteiger partial charge in [-0.05, 0) is 18.2 Å². The number of aromatic carboxylic acids is 1. The van der Waals surface area contributed by atoms with Gasteiger partial charge in [-0.2, -0.15) is 0 Å². The zero-order valence-electron chi connectivity index (χ0n) is 10.1. The molecule has 5 nitrogen and oxygen atoms in total. The lowest BCUT2D eigenvalue weighted by Gasteiger charge is -2.07. The van der Waals surface area contributed by atoms with Gasteiger partial charge in [0, 0.05) is 19.5 Å². The molecule has 2 rings (SSSR count). The third-order valence-corrected chi connectivity index (χ3v) is 2.64. The number of hydrogen-bond donors (Lipinski definition) is 1. The summed E-state index contributed by atoms with van der Waals surface area (Å²) < 4.78 is 5.47. The van der Waals surface area contributed by atoms with Crippen molar-refractivity contribution < 1.29 is 19.1 Å². The number of hydrogen-bond acceptors (Lipinski definition) is 3. The Balaban J connectivity index is 2.33. The summed E-state index contributed by atoms with van der Waals surface area (Å²) in [6, 6.07) is 6.40. The summed E-state index contributed by atoms with van der Waals surface area (Å²) in [4.78, 5) is 23.8. The third kappa shape index (κ3) is 2.34. The normalized spacial score (nSPS) is 10.6. The highest BCUT2D eigenvalue weighted by molar-refractivity contribution is 5.93. The monoisotopic (exact) mass is 247 g/mol. The highest BCUT2D eigenvalue weighted by Crippen LogP contribution is 2.21. The Hall–Kier alpha value is -2.30. The summed E-state index contributed by atoms with van der Waals surface area (Å²) in [5.41, 5.74) is 0.652. The lowest BCUT2D eigenvalue weighted by Crippen LogP contribution is -2.23. The lowest BCUT2D eigenvalue weighted by atomic mass is 10.1. The van der Waals surface area contributed by atoms with Gasteiger partial charge in [-0.25, -0.2) is 4.79 Å². The molecule has 0 fully saturated rings. The van der Waals surface area contributed by atoms with Gasteiger partial charge >= 0.3 is 5.97 Å². The van der Waals surface area contributed by atoms with E-state index >= 15 is 0 Å². The van der Waals surface area contributed by atoms with E-state index in [1.165, 1.54) is 17.0 Å². The van der Waals surface area contributed by atoms with Crippen LogP contribution in [0.4, 0.5) is 0 Å². The van der Waals surface area contributed by atoms with Crippen LogP contribution in [0.1, 0.15) is 16.1 Å². The maximum absolute atomic E-state index is 11.5. The van der Waals surface area contributed by atoms with Crippen LogP contribution in [0.2, 0.25) is 0 Å². The maximum Gasteiger partial charge on any atom is 0.335 e. The van der Waals surface area contributed by atoms with Crippen LogP contribution in [0.3, 0.4) is 0 Å². The molecular formula is C13H13NO4. The Labute approximate surface area is 104 Å². The quantitative estimate of drug-likeness (QED) is 0.897. The van der Waals surface area contributed by atoms with E-state index in [0.717, 1.165) is 5.39 Å². The Morgan fingerprint density at radius 2 is 2.00 bits per heavy atom. The Kier molecular flexibility index (Phi) is 3.06. The fraction of sp³-hybridized carbons (Fsp3) is 0.231. The first kappa shape index (κ1) is 12.2. The standard InChI is InChI=1S/C13H13NO4/c1-14(2)12(15)7-10-5-8-3-4-9(13(16)17)6-11(8)18-10/h3-6H,7H2,1-2H3,(H,16,17). The minimum atomic E-state index is -1.00. The average Bonchev–Trinajstić information content (AvgIpc) is 2.69. The summed E-state index contributed by atoms with van der Waals surface area (Å²) in [5.74, 6) is -0.530. The second-order valence-corrected chi connectivity index (χ2v) is 4.24. The predicted molar refractivity (Wildman–Crippen MR) is 65.6 cm³/mol. The number of carboxylic acids is 1. The summed E-state index contributed by atoms with van der Waals surface area (Å²) in [7, 11) is 3.35. The van der Waals surface area contributed by atoms with Gasteiger partial charge < -0.3 is 14.4 Å². The maximum atomic E-state index is 11.5. The van der Waals surface area contributed by atoms with Crippen LogP contribution in [0.25, 0.3) is 11.0 Å². The lowest BCUT2D eigenvalue weighted by molar-refractivity contribution is -0.128. The van der Waals surface area contributed by atoms with Crippen molar-refractivity contribution >= 4 is 22.8 Å². The molecule has 0 spiro atoms. The fourth-order valence-electron chi connectivity index (χ4n) is 1.61. The van der Waals surface area contributed by atoms with Gasteiger partial charge in [0.15, 0.2) is 0 Å². The number of nitrogens with zero attached hydrogens (tertiary/aromatic N) is 1. The Bertz CT molecular complexity index is 612. The van der Waals surface area contributed by atoms with Gasteiger partial charge in [-0.1, -0.05) is 6.07 Å². The molecule has 1 amide bonds. The SMILES string of the molecule is CN(C)C(=O)Cc1cc2ccc(C(=O)O)cc2o1. The van der Waals surface area contributed by atoms with Crippen LogP contribution < -0.4 is 0 Å². The number of amides is 1. The molecule has 0 saturated carbocycles. The van der Waals surface area contributed by atoms with Gasteiger partial charge in [-0.3, -0.25) is 4.79 Å². The van der Waals surface area contributed by atoms with E-state index in [0.29, 0.717) is 11.3 Å². The molecule has 2 aromatic rings. The number of rotatable bonds is 3.